The highest BCUT2D eigenvalue weighted by molar-refractivity contribution is 5.94. The van der Waals surface area contributed by atoms with Crippen LogP contribution in [0.4, 0.5) is 0 Å². The van der Waals surface area contributed by atoms with Gasteiger partial charge in [0.15, 0.2) is 0 Å². The van der Waals surface area contributed by atoms with Gasteiger partial charge in [-0.05, 0) is 74.8 Å². The van der Waals surface area contributed by atoms with Crippen molar-refractivity contribution < 1.29 is 0 Å². The summed E-state index contributed by atoms with van der Waals surface area (Å²) in [7, 11) is 0. The summed E-state index contributed by atoms with van der Waals surface area (Å²) in [6.07, 6.45) is 7.99. The third-order valence-electron chi connectivity index (χ3n) is 6.33. The number of hydrogen-bond donors (Lipinski definition) is 0. The van der Waals surface area contributed by atoms with E-state index >= 15 is 0 Å². The van der Waals surface area contributed by atoms with E-state index in [1.165, 1.54) is 86.9 Å². The zero-order valence-electron chi connectivity index (χ0n) is 17.1. The predicted octanol–water partition coefficient (Wildman–Crippen LogP) is 5.18. The van der Waals surface area contributed by atoms with Gasteiger partial charge in [0.25, 0.3) is 0 Å². The van der Waals surface area contributed by atoms with Gasteiger partial charge < -0.3 is 0 Å². The molecule has 0 bridgehead atoms. The second-order valence-corrected chi connectivity index (χ2v) is 8.48. The maximum Gasteiger partial charge on any atom is 0.0897 e. The molecule has 2 aromatic carbocycles. The number of benzene rings is 2. The Balaban J connectivity index is 0.00000205. The van der Waals surface area contributed by atoms with Crippen LogP contribution in [0.1, 0.15) is 49.9 Å². The smallest absolute Gasteiger partial charge is 0.0897 e. The van der Waals surface area contributed by atoms with Gasteiger partial charge in [-0.2, -0.15) is 0 Å². The molecule has 0 spiro atoms. The van der Waals surface area contributed by atoms with Crippen LogP contribution in [0.2, 0.25) is 0 Å². The molecular formula is C24H31ClN4. The van der Waals surface area contributed by atoms with Crippen molar-refractivity contribution in [1.82, 2.24) is 19.8 Å². The van der Waals surface area contributed by atoms with Crippen LogP contribution >= 0.6 is 12.4 Å². The van der Waals surface area contributed by atoms with Gasteiger partial charge in [-0.15, -0.1) is 12.4 Å². The molecule has 0 N–H and O–H groups in total. The van der Waals surface area contributed by atoms with Crippen molar-refractivity contribution in [1.29, 1.82) is 0 Å². The summed E-state index contributed by atoms with van der Waals surface area (Å²) in [6, 6.07) is 13.0. The average Bonchev–Trinajstić information content (AvgIpc) is 2.74. The highest BCUT2D eigenvalue weighted by Gasteiger charge is 2.19. The minimum atomic E-state index is 0. The number of aromatic nitrogens is 2. The molecule has 0 unspecified atom stereocenters. The summed E-state index contributed by atoms with van der Waals surface area (Å²) in [5.74, 6) is 0. The van der Waals surface area contributed by atoms with Crippen LogP contribution in [0.5, 0.6) is 0 Å². The van der Waals surface area contributed by atoms with E-state index in [1.807, 2.05) is 0 Å². The number of rotatable bonds is 4. The average molecular weight is 411 g/mol. The summed E-state index contributed by atoms with van der Waals surface area (Å²) >= 11 is 0. The summed E-state index contributed by atoms with van der Waals surface area (Å²) in [6.45, 7) is 6.67. The van der Waals surface area contributed by atoms with Crippen molar-refractivity contribution in [3.05, 3.63) is 47.8 Å². The molecule has 0 aliphatic carbocycles. The molecular weight excluding hydrogens is 380 g/mol. The first kappa shape index (κ1) is 20.5. The van der Waals surface area contributed by atoms with Crippen molar-refractivity contribution in [3.8, 4) is 0 Å². The van der Waals surface area contributed by atoms with Crippen LogP contribution < -0.4 is 0 Å². The van der Waals surface area contributed by atoms with E-state index in [0.717, 1.165) is 24.1 Å². The third kappa shape index (κ3) is 4.71. The molecule has 2 saturated heterocycles. The molecule has 5 rings (SSSR count). The molecule has 3 aromatic rings. The van der Waals surface area contributed by atoms with Crippen molar-refractivity contribution in [3.63, 3.8) is 0 Å². The molecule has 5 heteroatoms. The minimum Gasteiger partial charge on any atom is -0.297 e. The summed E-state index contributed by atoms with van der Waals surface area (Å²) < 4.78 is 0. The number of likely N-dealkylation sites (tertiary alicyclic amines) is 2. The Morgan fingerprint density at radius 2 is 1.03 bits per heavy atom. The van der Waals surface area contributed by atoms with Crippen molar-refractivity contribution in [2.75, 3.05) is 26.2 Å². The fourth-order valence-corrected chi connectivity index (χ4v) is 4.73. The van der Waals surface area contributed by atoms with Gasteiger partial charge in [0.05, 0.1) is 22.4 Å². The van der Waals surface area contributed by atoms with Crippen LogP contribution in [0.25, 0.3) is 21.8 Å². The Bertz CT molecular complexity index is 884. The lowest BCUT2D eigenvalue weighted by Gasteiger charge is -2.29. The molecule has 29 heavy (non-hydrogen) atoms. The summed E-state index contributed by atoms with van der Waals surface area (Å²) in [4.78, 5) is 15.4. The molecule has 2 fully saturated rings. The topological polar surface area (TPSA) is 32.3 Å². The zero-order chi connectivity index (χ0) is 18.8. The first-order valence-electron chi connectivity index (χ1n) is 11.0. The maximum absolute atomic E-state index is 5.15. The van der Waals surface area contributed by atoms with Gasteiger partial charge in [-0.3, -0.25) is 9.80 Å². The molecule has 3 heterocycles. The van der Waals surface area contributed by atoms with E-state index in [1.54, 1.807) is 0 Å². The van der Waals surface area contributed by atoms with Crippen molar-refractivity contribution in [2.45, 2.75) is 51.6 Å². The van der Waals surface area contributed by atoms with E-state index < -0.39 is 0 Å². The van der Waals surface area contributed by atoms with Crippen LogP contribution in [-0.4, -0.2) is 45.9 Å². The number of hydrogen-bond acceptors (Lipinski definition) is 4. The van der Waals surface area contributed by atoms with Gasteiger partial charge in [0, 0.05) is 13.1 Å². The standard InChI is InChI=1S/C24H30N4.ClH/c1-5-11-27(12-6-1)17-23-24(18-28-13-7-2-8-14-28)26-22-16-20-10-4-3-9-19(20)15-21(22)25-23;/h3-4,9-10,15-16H,1-2,5-8,11-14,17-18H2;1H. The first-order chi connectivity index (χ1) is 13.8. The second-order valence-electron chi connectivity index (χ2n) is 8.48. The van der Waals surface area contributed by atoms with Crippen LogP contribution in [0.15, 0.2) is 36.4 Å². The Morgan fingerprint density at radius 1 is 0.621 bits per heavy atom. The maximum atomic E-state index is 5.15. The Kier molecular flexibility index (Phi) is 6.63. The lowest BCUT2D eigenvalue weighted by molar-refractivity contribution is 0.206. The van der Waals surface area contributed by atoms with E-state index in [4.69, 9.17) is 9.97 Å². The first-order valence-corrected chi connectivity index (χ1v) is 11.0. The third-order valence-corrected chi connectivity index (χ3v) is 6.33. The predicted molar refractivity (Wildman–Crippen MR) is 123 cm³/mol. The van der Waals surface area contributed by atoms with Crippen molar-refractivity contribution >= 4 is 34.2 Å². The molecule has 154 valence electrons. The second kappa shape index (κ2) is 9.38. The quantitative estimate of drug-likeness (QED) is 0.555. The number of halogens is 1. The molecule has 4 nitrogen and oxygen atoms in total. The fourth-order valence-electron chi connectivity index (χ4n) is 4.73. The Labute approximate surface area is 179 Å². The monoisotopic (exact) mass is 410 g/mol. The minimum absolute atomic E-state index is 0. The molecule has 2 aliphatic rings. The molecule has 1 aromatic heterocycles. The lowest BCUT2D eigenvalue weighted by atomic mass is 10.1. The van der Waals surface area contributed by atoms with E-state index in [2.05, 4.69) is 46.2 Å². The molecule has 0 atom stereocenters. The van der Waals surface area contributed by atoms with Crippen LogP contribution in [-0.2, 0) is 13.1 Å². The Hall–Kier alpha value is -1.75. The van der Waals surface area contributed by atoms with E-state index in [-0.39, 0.29) is 12.4 Å². The number of fused-ring (bicyclic) bond motifs is 2. The van der Waals surface area contributed by atoms with E-state index in [9.17, 15) is 0 Å². The van der Waals surface area contributed by atoms with Crippen molar-refractivity contribution in [2.24, 2.45) is 0 Å². The fraction of sp³-hybridized carbons (Fsp3) is 0.500. The summed E-state index contributed by atoms with van der Waals surface area (Å²) in [5.41, 5.74) is 4.45. The van der Waals surface area contributed by atoms with Gasteiger partial charge >= 0.3 is 0 Å². The summed E-state index contributed by atoms with van der Waals surface area (Å²) in [5, 5.41) is 2.49. The SMILES string of the molecule is Cl.c1ccc2cc3nc(CN4CCCCC4)c(CN4CCCCC4)nc3cc2c1. The largest absolute Gasteiger partial charge is 0.297 e. The normalized spacial score (nSPS) is 18.8. The lowest BCUT2D eigenvalue weighted by Crippen LogP contribution is -2.32. The highest BCUT2D eigenvalue weighted by atomic mass is 35.5. The van der Waals surface area contributed by atoms with Gasteiger partial charge in [0.2, 0.25) is 0 Å². The molecule has 0 radical (unpaired) electrons. The number of piperidine rings is 2. The Morgan fingerprint density at radius 3 is 1.45 bits per heavy atom. The molecule has 0 saturated carbocycles. The van der Waals surface area contributed by atoms with E-state index in [0.29, 0.717) is 0 Å². The molecule has 2 aliphatic heterocycles. The highest BCUT2D eigenvalue weighted by Crippen LogP contribution is 2.24. The van der Waals surface area contributed by atoms with Crippen LogP contribution in [0.3, 0.4) is 0 Å². The van der Waals surface area contributed by atoms with Gasteiger partial charge in [-0.1, -0.05) is 37.1 Å². The van der Waals surface area contributed by atoms with Crippen LogP contribution in [0, 0.1) is 0 Å². The van der Waals surface area contributed by atoms with Gasteiger partial charge in [0.1, 0.15) is 0 Å². The van der Waals surface area contributed by atoms with Gasteiger partial charge in [-0.25, -0.2) is 9.97 Å². The zero-order valence-corrected chi connectivity index (χ0v) is 18.0. The molecule has 0 amide bonds. The number of nitrogens with zero attached hydrogens (tertiary/aromatic N) is 4.